The van der Waals surface area contributed by atoms with Crippen LogP contribution in [-0.4, -0.2) is 49.1 Å². The average molecular weight is 643 g/mol. The van der Waals surface area contributed by atoms with Crippen LogP contribution >= 0.6 is 11.6 Å². The lowest BCUT2D eigenvalue weighted by Gasteiger charge is -2.44. The number of hydrogen-bond donors (Lipinski definition) is 2. The van der Waals surface area contributed by atoms with Gasteiger partial charge in [-0.05, 0) is 60.4 Å². The number of aromatic nitrogens is 2. The number of carbonyl (C=O) groups excluding carboxylic acids is 2. The quantitative estimate of drug-likeness (QED) is 0.255. The second kappa shape index (κ2) is 12.1. The molecule has 4 aromatic rings. The number of rotatable bonds is 9. The number of aliphatic hydroxyl groups excluding tert-OH is 1. The van der Waals surface area contributed by atoms with Crippen LogP contribution in [-0.2, 0) is 27.9 Å². The second-order valence-corrected chi connectivity index (χ2v) is 12.2. The predicted molar refractivity (Wildman–Crippen MR) is 166 cm³/mol. The summed E-state index contributed by atoms with van der Waals surface area (Å²) in [5.74, 6) is -1.49. The zero-order chi connectivity index (χ0) is 32.8. The number of halogens is 2. The van der Waals surface area contributed by atoms with Gasteiger partial charge in [0.15, 0.2) is 0 Å². The molecule has 0 bridgehead atoms. The fourth-order valence-corrected chi connectivity index (χ4v) is 6.78. The smallest absolute Gasteiger partial charge is 0.257 e. The molecule has 6 rings (SSSR count). The molecular formula is C35H32ClFN4O5. The number of ketones is 1. The van der Waals surface area contributed by atoms with Crippen LogP contribution in [0.3, 0.4) is 0 Å². The molecule has 0 spiro atoms. The summed E-state index contributed by atoms with van der Waals surface area (Å²) in [5.41, 5.74) is -2.20. The Bertz CT molecular complexity index is 1850. The molecule has 1 amide bonds. The first-order valence-corrected chi connectivity index (χ1v) is 15.4. The molecule has 2 heterocycles. The number of benzene rings is 3. The van der Waals surface area contributed by atoms with Gasteiger partial charge in [-0.2, -0.15) is 5.26 Å². The summed E-state index contributed by atoms with van der Waals surface area (Å²) in [6.45, 7) is 1.16. The van der Waals surface area contributed by atoms with E-state index in [1.165, 1.54) is 23.4 Å². The Kier molecular flexibility index (Phi) is 8.29. The van der Waals surface area contributed by atoms with Crippen molar-refractivity contribution in [3.8, 4) is 6.07 Å². The first-order chi connectivity index (χ1) is 22.0. The lowest BCUT2D eigenvalue weighted by molar-refractivity contribution is -0.161. The molecule has 1 unspecified atom stereocenters. The minimum absolute atomic E-state index is 0.0163. The Labute approximate surface area is 270 Å². The first-order valence-electron chi connectivity index (χ1n) is 15.0. The van der Waals surface area contributed by atoms with Gasteiger partial charge in [0.1, 0.15) is 17.2 Å². The molecule has 1 fully saturated rings. The summed E-state index contributed by atoms with van der Waals surface area (Å²) in [7, 11) is 1.75. The topological polar surface area (TPSA) is 129 Å². The van der Waals surface area contributed by atoms with Crippen LogP contribution in [0.2, 0.25) is 5.02 Å². The summed E-state index contributed by atoms with van der Waals surface area (Å²) < 4.78 is 25.4. The number of nitrogens with zero attached hydrogens (tertiary/aromatic N) is 4. The molecule has 9 nitrogen and oxygen atoms in total. The number of carbonyl (C=O) groups is 2. The molecular weight excluding hydrogens is 611 g/mol. The summed E-state index contributed by atoms with van der Waals surface area (Å²) in [6.07, 6.45) is 3.34. The molecule has 4 atom stereocenters. The zero-order valence-corrected chi connectivity index (χ0v) is 26.0. The van der Waals surface area contributed by atoms with Crippen LogP contribution in [0.1, 0.15) is 82.5 Å². The van der Waals surface area contributed by atoms with E-state index in [0.717, 1.165) is 0 Å². The number of aliphatic hydroxyl groups is 2. The molecule has 11 heteroatoms. The van der Waals surface area contributed by atoms with Gasteiger partial charge in [-0.1, -0.05) is 42.8 Å². The highest BCUT2D eigenvalue weighted by Crippen LogP contribution is 2.53. The standard InChI is InChI=1S/C35H32ClFN4O5/c1-3-34(45,31-18-40(2)20-39-31)24-14-28-32(29(37)15-24)35(23-8-10-25(36)11-9-23,46-27-13-12-26(43)16-27)41(33(28)44)30(19-42)22-6-4-21(17-38)5-7-22/h4-11,14-15,18,20,27,30,42,45H,3,12-13,16,19H2,1-2H3/t27-,30-,34?,35+/m0/s1. The van der Waals surface area contributed by atoms with Gasteiger partial charge in [0.2, 0.25) is 5.72 Å². The summed E-state index contributed by atoms with van der Waals surface area (Å²) in [5, 5.41) is 32.5. The minimum atomic E-state index is -1.94. The predicted octanol–water partition coefficient (Wildman–Crippen LogP) is 5.26. The fourth-order valence-electron chi connectivity index (χ4n) is 6.65. The van der Waals surface area contributed by atoms with Crippen LogP contribution in [0.15, 0.2) is 73.2 Å². The molecule has 1 aromatic heterocycles. The van der Waals surface area contributed by atoms with E-state index in [0.29, 0.717) is 28.1 Å². The van der Waals surface area contributed by atoms with E-state index in [2.05, 4.69) is 11.1 Å². The number of Topliss-reactive ketones (excluding diaryl/α,β-unsaturated/α-hetero) is 1. The zero-order valence-electron chi connectivity index (χ0n) is 25.3. The molecule has 1 saturated carbocycles. The highest BCUT2D eigenvalue weighted by Gasteiger charge is 2.58. The highest BCUT2D eigenvalue weighted by molar-refractivity contribution is 6.30. The maximum atomic E-state index is 17.0. The van der Waals surface area contributed by atoms with E-state index in [1.807, 2.05) is 0 Å². The van der Waals surface area contributed by atoms with E-state index < -0.39 is 41.8 Å². The van der Waals surface area contributed by atoms with Gasteiger partial charge < -0.3 is 19.5 Å². The molecule has 2 aliphatic rings. The minimum Gasteiger partial charge on any atom is -0.394 e. The van der Waals surface area contributed by atoms with Crippen LogP contribution in [0, 0.1) is 17.1 Å². The number of imidazole rings is 1. The maximum absolute atomic E-state index is 17.0. The fraction of sp³-hybridized carbons (Fsp3) is 0.314. The lowest BCUT2D eigenvalue weighted by atomic mass is 9.84. The van der Waals surface area contributed by atoms with Crippen LogP contribution in [0.25, 0.3) is 0 Å². The lowest BCUT2D eigenvalue weighted by Crippen LogP contribution is -2.51. The van der Waals surface area contributed by atoms with Gasteiger partial charge in [-0.15, -0.1) is 0 Å². The van der Waals surface area contributed by atoms with Crippen molar-refractivity contribution in [2.45, 2.75) is 56.1 Å². The second-order valence-electron chi connectivity index (χ2n) is 11.8. The van der Waals surface area contributed by atoms with E-state index in [-0.39, 0.29) is 47.4 Å². The molecule has 0 radical (unpaired) electrons. The number of aryl methyl sites for hydroxylation is 1. The maximum Gasteiger partial charge on any atom is 0.257 e. The van der Waals surface area contributed by atoms with Crippen LogP contribution < -0.4 is 0 Å². The number of ether oxygens (including phenoxy) is 1. The number of fused-ring (bicyclic) bond motifs is 1. The van der Waals surface area contributed by atoms with Gasteiger partial charge in [-0.3, -0.25) is 14.5 Å². The van der Waals surface area contributed by atoms with Gasteiger partial charge >= 0.3 is 0 Å². The van der Waals surface area contributed by atoms with Gasteiger partial charge in [0.25, 0.3) is 5.91 Å². The Balaban J connectivity index is 1.63. The molecule has 1 aliphatic carbocycles. The largest absolute Gasteiger partial charge is 0.394 e. The molecule has 1 aliphatic heterocycles. The van der Waals surface area contributed by atoms with Gasteiger partial charge in [0, 0.05) is 36.7 Å². The van der Waals surface area contributed by atoms with Crippen LogP contribution in [0.4, 0.5) is 4.39 Å². The van der Waals surface area contributed by atoms with Crippen molar-refractivity contribution in [1.29, 1.82) is 5.26 Å². The highest BCUT2D eigenvalue weighted by atomic mass is 35.5. The third-order valence-electron chi connectivity index (χ3n) is 9.02. The van der Waals surface area contributed by atoms with Crippen molar-refractivity contribution in [1.82, 2.24) is 14.5 Å². The number of nitriles is 1. The van der Waals surface area contributed by atoms with E-state index in [9.17, 15) is 25.1 Å². The summed E-state index contributed by atoms with van der Waals surface area (Å²) in [4.78, 5) is 32.8. The Morgan fingerprint density at radius 1 is 1.20 bits per heavy atom. The van der Waals surface area contributed by atoms with Crippen molar-refractivity contribution in [2.75, 3.05) is 6.61 Å². The van der Waals surface area contributed by atoms with Crippen molar-refractivity contribution < 1.29 is 28.9 Å². The van der Waals surface area contributed by atoms with Gasteiger partial charge in [0.05, 0.1) is 53.5 Å². The third kappa shape index (κ3) is 5.10. The number of amides is 1. The molecule has 46 heavy (non-hydrogen) atoms. The monoisotopic (exact) mass is 642 g/mol. The molecule has 0 saturated heterocycles. The van der Waals surface area contributed by atoms with Crippen molar-refractivity contribution in [3.05, 3.63) is 123 Å². The third-order valence-corrected chi connectivity index (χ3v) is 9.27. The Hall–Kier alpha value is -4.40. The van der Waals surface area contributed by atoms with Crippen LogP contribution in [0.5, 0.6) is 0 Å². The Morgan fingerprint density at radius 3 is 2.48 bits per heavy atom. The van der Waals surface area contributed by atoms with Crippen molar-refractivity contribution in [2.24, 2.45) is 7.05 Å². The molecule has 2 N–H and O–H groups in total. The summed E-state index contributed by atoms with van der Waals surface area (Å²) >= 11 is 6.27. The van der Waals surface area contributed by atoms with Crippen molar-refractivity contribution >= 4 is 23.3 Å². The SMILES string of the molecule is CCC(O)(c1cc(F)c2c(c1)C(=O)N([C@@H](CO)c1ccc(C#N)cc1)[C@@]2(O[C@H]1CCC(=O)C1)c1ccc(Cl)cc1)c1cn(C)cn1. The van der Waals surface area contributed by atoms with Crippen molar-refractivity contribution in [3.63, 3.8) is 0 Å². The van der Waals surface area contributed by atoms with E-state index in [1.54, 1.807) is 73.3 Å². The summed E-state index contributed by atoms with van der Waals surface area (Å²) in [6, 6.07) is 16.5. The average Bonchev–Trinajstić information content (AvgIpc) is 3.75. The van der Waals surface area contributed by atoms with Gasteiger partial charge in [-0.25, -0.2) is 9.37 Å². The van der Waals surface area contributed by atoms with E-state index in [4.69, 9.17) is 16.3 Å². The molecule has 236 valence electrons. The first kappa shape index (κ1) is 31.6. The normalized spacial score (nSPS) is 21.2. The molecule has 3 aromatic carbocycles. The van der Waals surface area contributed by atoms with E-state index >= 15 is 4.39 Å². The Morgan fingerprint density at radius 2 is 1.91 bits per heavy atom. The number of hydrogen-bond acceptors (Lipinski definition) is 7.